The van der Waals surface area contributed by atoms with Crippen LogP contribution in [0.2, 0.25) is 0 Å². The molecule has 0 bridgehead atoms. The molecule has 3 amide bonds. The summed E-state index contributed by atoms with van der Waals surface area (Å²) in [5.74, 6) is -2.30. The zero-order valence-electron chi connectivity index (χ0n) is 27.8. The number of ether oxygens (including phenoxy) is 1. The predicted octanol–water partition coefficient (Wildman–Crippen LogP) is 6.86. The predicted molar refractivity (Wildman–Crippen MR) is 180 cm³/mol. The molecule has 4 aromatic rings. The lowest BCUT2D eigenvalue weighted by Crippen LogP contribution is -2.59. The van der Waals surface area contributed by atoms with Crippen LogP contribution in [0.25, 0.3) is 10.9 Å². The van der Waals surface area contributed by atoms with Crippen LogP contribution in [-0.4, -0.2) is 69.1 Å². The van der Waals surface area contributed by atoms with Crippen LogP contribution in [0, 0.1) is 0 Å². The van der Waals surface area contributed by atoms with E-state index >= 15 is 0 Å². The number of aromatic nitrogens is 1. The van der Waals surface area contributed by atoms with Gasteiger partial charge >= 0.3 is 18.2 Å². The molecule has 1 saturated heterocycles. The Morgan fingerprint density at radius 1 is 0.918 bits per heavy atom. The van der Waals surface area contributed by atoms with Gasteiger partial charge in [0.1, 0.15) is 11.6 Å². The number of hydrogen-bond donors (Lipinski definition) is 1. The second kappa shape index (κ2) is 15.1. The highest BCUT2D eigenvalue weighted by molar-refractivity contribution is 5.87. The van der Waals surface area contributed by atoms with Gasteiger partial charge in [0.05, 0.1) is 5.52 Å². The molecule has 0 saturated carbocycles. The van der Waals surface area contributed by atoms with Crippen molar-refractivity contribution < 1.29 is 32.3 Å². The molecule has 0 radical (unpaired) electrons. The number of hydrogen-bond acceptors (Lipinski definition) is 5. The zero-order valence-corrected chi connectivity index (χ0v) is 27.8. The maximum Gasteiger partial charge on any atom is 0.471 e. The lowest BCUT2D eigenvalue weighted by atomic mass is 9.89. The minimum Gasteiger partial charge on any atom is -0.444 e. The minimum atomic E-state index is -5.09. The van der Waals surface area contributed by atoms with Gasteiger partial charge in [0.15, 0.2) is 0 Å². The number of benzene rings is 3. The number of piperidine rings is 1. The normalized spacial score (nSPS) is 17.3. The first-order valence-electron chi connectivity index (χ1n) is 16.4. The maximum atomic E-state index is 14.4. The molecule has 1 aliphatic rings. The topological polar surface area (TPSA) is 91.8 Å². The first kappa shape index (κ1) is 35.4. The summed E-state index contributed by atoms with van der Waals surface area (Å²) < 4.78 is 47.9. The van der Waals surface area contributed by atoms with Crippen molar-refractivity contribution in [2.75, 3.05) is 6.54 Å². The third-order valence-electron chi connectivity index (χ3n) is 8.58. The van der Waals surface area contributed by atoms with Crippen LogP contribution in [0.5, 0.6) is 0 Å². The fraction of sp³-hybridized carbons (Fsp3) is 0.368. The number of rotatable bonds is 9. The Hall–Kier alpha value is -4.93. The monoisotopic (exact) mass is 674 g/mol. The van der Waals surface area contributed by atoms with Gasteiger partial charge in [-0.05, 0) is 68.9 Å². The van der Waals surface area contributed by atoms with E-state index in [0.29, 0.717) is 22.9 Å². The summed E-state index contributed by atoms with van der Waals surface area (Å²) in [6.07, 6.45) is -3.56. The Kier molecular flexibility index (Phi) is 10.9. The average Bonchev–Trinajstić information content (AvgIpc) is 3.06. The Labute approximate surface area is 284 Å². The standard InChI is InChI=1S/C38H41F3N4O4/c1-37(2,3)49-36(48)43-33(23-27-14-8-5-9-15-27)34(46)44-21-19-29(24-30(44)22-26-12-6-4-7-13-26)45(35(47)38(39,40)41)25-28-18-20-42-32-17-11-10-16-31(28)32/h4-18,20,29-30,33H,19,21-25H2,1-3H3,(H,43,48)/t29-,30+,33-/m0/s1. The molecule has 1 fully saturated rings. The zero-order chi connectivity index (χ0) is 35.2. The fourth-order valence-corrected chi connectivity index (χ4v) is 6.39. The molecule has 3 atom stereocenters. The summed E-state index contributed by atoms with van der Waals surface area (Å²) in [5, 5.41) is 3.42. The number of carbonyl (C=O) groups is 3. The van der Waals surface area contributed by atoms with Crippen molar-refractivity contribution in [1.29, 1.82) is 0 Å². The van der Waals surface area contributed by atoms with Crippen molar-refractivity contribution in [3.63, 3.8) is 0 Å². The van der Waals surface area contributed by atoms with E-state index < -0.39 is 41.9 Å². The largest absolute Gasteiger partial charge is 0.471 e. The number of nitrogens with one attached hydrogen (secondary N) is 1. The van der Waals surface area contributed by atoms with Crippen molar-refractivity contribution in [3.05, 3.63) is 114 Å². The summed E-state index contributed by atoms with van der Waals surface area (Å²) in [4.78, 5) is 47.3. The highest BCUT2D eigenvalue weighted by atomic mass is 19.4. The molecule has 1 N–H and O–H groups in total. The summed E-state index contributed by atoms with van der Waals surface area (Å²) >= 11 is 0. The third kappa shape index (κ3) is 9.37. The lowest BCUT2D eigenvalue weighted by molar-refractivity contribution is -0.190. The van der Waals surface area contributed by atoms with Gasteiger partial charge in [-0.15, -0.1) is 0 Å². The molecule has 0 spiro atoms. The Balaban J connectivity index is 1.47. The molecule has 3 aromatic carbocycles. The molecule has 2 heterocycles. The molecule has 5 rings (SSSR count). The second-order valence-electron chi connectivity index (χ2n) is 13.4. The van der Waals surface area contributed by atoms with Crippen molar-refractivity contribution in [2.45, 2.75) is 82.9 Å². The third-order valence-corrected chi connectivity index (χ3v) is 8.58. The van der Waals surface area contributed by atoms with Gasteiger partial charge in [0, 0.05) is 43.2 Å². The number of pyridine rings is 1. The van der Waals surface area contributed by atoms with E-state index in [-0.39, 0.29) is 38.3 Å². The van der Waals surface area contributed by atoms with Crippen LogP contribution < -0.4 is 5.32 Å². The van der Waals surface area contributed by atoms with Crippen LogP contribution in [0.1, 0.15) is 50.3 Å². The number of likely N-dealkylation sites (tertiary alicyclic amines) is 1. The summed E-state index contributed by atoms with van der Waals surface area (Å²) in [7, 11) is 0. The second-order valence-corrected chi connectivity index (χ2v) is 13.4. The van der Waals surface area contributed by atoms with Crippen molar-refractivity contribution in [3.8, 4) is 0 Å². The van der Waals surface area contributed by atoms with Crippen molar-refractivity contribution in [2.24, 2.45) is 0 Å². The number of para-hydroxylation sites is 1. The number of alkyl halides is 3. The van der Waals surface area contributed by atoms with E-state index in [2.05, 4.69) is 10.3 Å². The smallest absolute Gasteiger partial charge is 0.444 e. The van der Waals surface area contributed by atoms with Crippen molar-refractivity contribution in [1.82, 2.24) is 20.1 Å². The lowest BCUT2D eigenvalue weighted by Gasteiger charge is -2.45. The van der Waals surface area contributed by atoms with E-state index in [4.69, 9.17) is 4.74 Å². The molecule has 1 aromatic heterocycles. The van der Waals surface area contributed by atoms with Gasteiger partial charge in [-0.3, -0.25) is 14.6 Å². The Morgan fingerprint density at radius 2 is 1.55 bits per heavy atom. The minimum absolute atomic E-state index is 0.0843. The highest BCUT2D eigenvalue weighted by Crippen LogP contribution is 2.31. The van der Waals surface area contributed by atoms with Gasteiger partial charge in [-0.2, -0.15) is 13.2 Å². The van der Waals surface area contributed by atoms with Crippen LogP contribution >= 0.6 is 0 Å². The molecule has 0 aliphatic carbocycles. The number of amides is 3. The average molecular weight is 675 g/mol. The van der Waals surface area contributed by atoms with Gasteiger partial charge in [-0.1, -0.05) is 78.9 Å². The van der Waals surface area contributed by atoms with Crippen LogP contribution in [0.4, 0.5) is 18.0 Å². The van der Waals surface area contributed by atoms with Gasteiger partial charge in [0.2, 0.25) is 5.91 Å². The fourth-order valence-electron chi connectivity index (χ4n) is 6.39. The number of alkyl carbamates (subject to hydrolysis) is 1. The van der Waals surface area contributed by atoms with Gasteiger partial charge in [0.25, 0.3) is 0 Å². The van der Waals surface area contributed by atoms with Crippen LogP contribution in [0.15, 0.2) is 97.2 Å². The SMILES string of the molecule is CC(C)(C)OC(=O)N[C@@H](Cc1ccccc1)C(=O)N1CC[C@H](N(Cc2ccnc3ccccc23)C(=O)C(F)(F)F)C[C@H]1Cc1ccccc1. The summed E-state index contributed by atoms with van der Waals surface area (Å²) in [5.41, 5.74) is 2.07. The molecule has 8 nitrogen and oxygen atoms in total. The Bertz CT molecular complexity index is 1740. The van der Waals surface area contributed by atoms with Crippen LogP contribution in [0.3, 0.4) is 0 Å². The number of carbonyl (C=O) groups excluding carboxylic acids is 3. The van der Waals surface area contributed by atoms with Crippen LogP contribution in [-0.2, 0) is 33.7 Å². The van der Waals surface area contributed by atoms with E-state index in [1.54, 1.807) is 56.0 Å². The van der Waals surface area contributed by atoms with E-state index in [1.807, 2.05) is 60.7 Å². The summed E-state index contributed by atoms with van der Waals surface area (Å²) in [6.45, 7) is 4.99. The summed E-state index contributed by atoms with van der Waals surface area (Å²) in [6, 6.07) is 25.0. The first-order valence-corrected chi connectivity index (χ1v) is 16.4. The Morgan fingerprint density at radius 3 is 2.20 bits per heavy atom. The number of halogens is 3. The van der Waals surface area contributed by atoms with E-state index in [9.17, 15) is 27.6 Å². The number of fused-ring (bicyclic) bond motifs is 1. The molecule has 11 heteroatoms. The molecule has 0 unspecified atom stereocenters. The molecule has 258 valence electrons. The number of nitrogens with zero attached hydrogens (tertiary/aromatic N) is 3. The quantitative estimate of drug-likeness (QED) is 0.210. The van der Waals surface area contributed by atoms with Gasteiger partial charge < -0.3 is 19.9 Å². The molecule has 49 heavy (non-hydrogen) atoms. The molecular weight excluding hydrogens is 633 g/mol. The van der Waals surface area contributed by atoms with Gasteiger partial charge in [-0.25, -0.2) is 4.79 Å². The van der Waals surface area contributed by atoms with E-state index in [0.717, 1.165) is 16.0 Å². The van der Waals surface area contributed by atoms with Crippen molar-refractivity contribution >= 4 is 28.8 Å². The maximum absolute atomic E-state index is 14.4. The highest BCUT2D eigenvalue weighted by Gasteiger charge is 2.47. The molecule has 1 aliphatic heterocycles. The van der Waals surface area contributed by atoms with E-state index in [1.165, 1.54) is 6.20 Å². The first-order chi connectivity index (χ1) is 23.3. The molecular formula is C38H41F3N4O4.